The molecule has 0 aromatic heterocycles. The first-order valence-electron chi connectivity index (χ1n) is 3.63. The molecule has 0 aromatic rings. The van der Waals surface area contributed by atoms with Gasteiger partial charge in [0.2, 0.25) is 0 Å². The molecule has 1 unspecified atom stereocenters. The van der Waals surface area contributed by atoms with Gasteiger partial charge in [-0.05, 0) is 19.3 Å². The summed E-state index contributed by atoms with van der Waals surface area (Å²) in [5, 5.41) is 0. The predicted molar refractivity (Wildman–Crippen MR) is 47.9 cm³/mol. The summed E-state index contributed by atoms with van der Waals surface area (Å²) < 4.78 is 0. The minimum absolute atomic E-state index is 0.441. The molecular weight excluding hydrogens is 120 g/mol. The van der Waals surface area contributed by atoms with E-state index in [2.05, 4.69) is 26.2 Å². The fourth-order valence-electron chi connectivity index (χ4n) is 0.622. The molecule has 0 bridgehead atoms. The van der Waals surface area contributed by atoms with Crippen LogP contribution >= 0.6 is 0 Å². The van der Waals surface area contributed by atoms with Gasteiger partial charge in [-0.15, -0.1) is 6.58 Å². The second-order valence-electron chi connectivity index (χ2n) is 2.46. The number of rotatable bonds is 4. The van der Waals surface area contributed by atoms with Crippen molar-refractivity contribution in [3.05, 3.63) is 37.0 Å². The number of hydrogen-bond acceptors (Lipinski definition) is 0. The van der Waals surface area contributed by atoms with Crippen molar-refractivity contribution >= 4 is 0 Å². The molecule has 0 rings (SSSR count). The Hall–Kier alpha value is -0.780. The average molecular weight is 136 g/mol. The summed E-state index contributed by atoms with van der Waals surface area (Å²) in [6, 6.07) is 0. The molecule has 0 saturated carbocycles. The molecule has 0 fully saturated rings. The van der Waals surface area contributed by atoms with Crippen LogP contribution in [-0.2, 0) is 0 Å². The van der Waals surface area contributed by atoms with Gasteiger partial charge in [-0.1, -0.05) is 37.3 Å². The lowest BCUT2D eigenvalue weighted by atomic mass is 10.0. The maximum absolute atomic E-state index is 3.94. The van der Waals surface area contributed by atoms with E-state index in [0.29, 0.717) is 5.92 Å². The minimum Gasteiger partial charge on any atom is -0.102 e. The summed E-state index contributed by atoms with van der Waals surface area (Å²) in [5.41, 5.74) is 1.23. The lowest BCUT2D eigenvalue weighted by molar-refractivity contribution is 0.839. The summed E-state index contributed by atoms with van der Waals surface area (Å²) in [6.45, 7) is 11.8. The largest absolute Gasteiger partial charge is 0.102 e. The fourth-order valence-corrected chi connectivity index (χ4v) is 0.622. The highest BCUT2D eigenvalue weighted by atomic mass is 14.0. The quantitative estimate of drug-likeness (QED) is 0.520. The topological polar surface area (TPSA) is 0 Å². The Kier molecular flexibility index (Phi) is 4.65. The van der Waals surface area contributed by atoms with Crippen LogP contribution in [0.15, 0.2) is 37.0 Å². The van der Waals surface area contributed by atoms with Crippen molar-refractivity contribution in [3.8, 4) is 0 Å². The second kappa shape index (κ2) is 5.04. The van der Waals surface area contributed by atoms with Crippen molar-refractivity contribution in [2.75, 3.05) is 0 Å². The molecule has 0 radical (unpaired) electrons. The minimum atomic E-state index is 0.441. The molecule has 0 aliphatic rings. The van der Waals surface area contributed by atoms with Gasteiger partial charge in [-0.25, -0.2) is 0 Å². The molecule has 0 nitrogen and oxygen atoms in total. The van der Waals surface area contributed by atoms with Crippen molar-refractivity contribution in [2.45, 2.75) is 20.3 Å². The van der Waals surface area contributed by atoms with Crippen molar-refractivity contribution in [1.29, 1.82) is 0 Å². The lowest BCUT2D eigenvalue weighted by Gasteiger charge is -2.05. The van der Waals surface area contributed by atoms with E-state index in [1.54, 1.807) is 0 Å². The molecule has 0 saturated heterocycles. The maximum atomic E-state index is 3.94. The third kappa shape index (κ3) is 3.29. The summed E-state index contributed by atoms with van der Waals surface area (Å²) in [4.78, 5) is 0. The molecule has 0 heterocycles. The van der Waals surface area contributed by atoms with Crippen LogP contribution in [0.25, 0.3) is 0 Å². The number of allylic oxidation sites excluding steroid dienone is 4. The standard InChI is InChI=1S/C10H16/c1-5-7-8-10(4)9(3)6-2/h5-7,9H,2,4,8H2,1,3H3/b7-5+. The average Bonchev–Trinajstić information content (AvgIpc) is 1.98. The van der Waals surface area contributed by atoms with Gasteiger partial charge in [0, 0.05) is 0 Å². The Morgan fingerprint density at radius 2 is 2.20 bits per heavy atom. The van der Waals surface area contributed by atoms with Gasteiger partial charge in [0.15, 0.2) is 0 Å². The molecule has 0 spiro atoms. The second-order valence-corrected chi connectivity index (χ2v) is 2.46. The first-order valence-corrected chi connectivity index (χ1v) is 3.63. The molecule has 0 aliphatic carbocycles. The van der Waals surface area contributed by atoms with E-state index in [1.165, 1.54) is 5.57 Å². The van der Waals surface area contributed by atoms with Crippen LogP contribution in [0.2, 0.25) is 0 Å². The van der Waals surface area contributed by atoms with Gasteiger partial charge in [-0.3, -0.25) is 0 Å². The van der Waals surface area contributed by atoms with Gasteiger partial charge in [0.1, 0.15) is 0 Å². The molecule has 10 heavy (non-hydrogen) atoms. The van der Waals surface area contributed by atoms with Gasteiger partial charge < -0.3 is 0 Å². The normalized spacial score (nSPS) is 13.4. The molecule has 0 heteroatoms. The first-order chi connectivity index (χ1) is 4.72. The van der Waals surface area contributed by atoms with Crippen LogP contribution in [0.5, 0.6) is 0 Å². The maximum Gasteiger partial charge on any atom is -0.00539 e. The third-order valence-corrected chi connectivity index (χ3v) is 1.61. The Labute approximate surface area is 64.0 Å². The van der Waals surface area contributed by atoms with Crippen LogP contribution < -0.4 is 0 Å². The van der Waals surface area contributed by atoms with Crippen molar-refractivity contribution in [1.82, 2.24) is 0 Å². The van der Waals surface area contributed by atoms with E-state index in [9.17, 15) is 0 Å². The zero-order valence-corrected chi connectivity index (χ0v) is 6.93. The lowest BCUT2D eigenvalue weighted by Crippen LogP contribution is -1.91. The molecule has 1 atom stereocenters. The van der Waals surface area contributed by atoms with Crippen LogP contribution in [-0.4, -0.2) is 0 Å². The third-order valence-electron chi connectivity index (χ3n) is 1.61. The van der Waals surface area contributed by atoms with Gasteiger partial charge in [-0.2, -0.15) is 0 Å². The van der Waals surface area contributed by atoms with E-state index < -0.39 is 0 Å². The van der Waals surface area contributed by atoms with Gasteiger partial charge in [0.25, 0.3) is 0 Å². The Balaban J connectivity index is 3.72. The van der Waals surface area contributed by atoms with E-state index in [-0.39, 0.29) is 0 Å². The Morgan fingerprint density at radius 1 is 1.60 bits per heavy atom. The zero-order valence-electron chi connectivity index (χ0n) is 6.93. The monoisotopic (exact) mass is 136 g/mol. The summed E-state index contributed by atoms with van der Waals surface area (Å²) >= 11 is 0. The van der Waals surface area contributed by atoms with Crippen molar-refractivity contribution < 1.29 is 0 Å². The highest BCUT2D eigenvalue weighted by molar-refractivity contribution is 5.09. The first kappa shape index (κ1) is 9.22. The molecular formula is C10H16. The smallest absolute Gasteiger partial charge is 0.00539 e. The van der Waals surface area contributed by atoms with Crippen LogP contribution in [0, 0.1) is 5.92 Å². The van der Waals surface area contributed by atoms with Crippen molar-refractivity contribution in [2.24, 2.45) is 5.92 Å². The van der Waals surface area contributed by atoms with E-state index in [0.717, 1.165) is 6.42 Å². The fraction of sp³-hybridized carbons (Fsp3) is 0.400. The summed E-state index contributed by atoms with van der Waals surface area (Å²) in [7, 11) is 0. The van der Waals surface area contributed by atoms with Crippen LogP contribution in [0.1, 0.15) is 20.3 Å². The van der Waals surface area contributed by atoms with E-state index in [1.807, 2.05) is 19.1 Å². The molecule has 0 N–H and O–H groups in total. The summed E-state index contributed by atoms with van der Waals surface area (Å²) in [6.07, 6.45) is 7.05. The molecule has 56 valence electrons. The van der Waals surface area contributed by atoms with Gasteiger partial charge in [0.05, 0.1) is 0 Å². The number of hydrogen-bond donors (Lipinski definition) is 0. The Morgan fingerprint density at radius 3 is 2.60 bits per heavy atom. The van der Waals surface area contributed by atoms with Crippen molar-refractivity contribution in [3.63, 3.8) is 0 Å². The van der Waals surface area contributed by atoms with E-state index in [4.69, 9.17) is 0 Å². The molecule has 0 aromatic carbocycles. The van der Waals surface area contributed by atoms with Gasteiger partial charge >= 0.3 is 0 Å². The van der Waals surface area contributed by atoms with Crippen LogP contribution in [0.3, 0.4) is 0 Å². The van der Waals surface area contributed by atoms with Crippen LogP contribution in [0.4, 0.5) is 0 Å². The highest BCUT2D eigenvalue weighted by Crippen LogP contribution is 2.12. The molecule has 0 amide bonds. The Bertz CT molecular complexity index is 140. The zero-order chi connectivity index (χ0) is 7.98. The molecule has 0 aliphatic heterocycles. The summed E-state index contributed by atoms with van der Waals surface area (Å²) in [5.74, 6) is 0.441. The predicted octanol–water partition coefficient (Wildman–Crippen LogP) is 3.33. The highest BCUT2D eigenvalue weighted by Gasteiger charge is 1.97. The SMILES string of the molecule is C=CC(C)C(=C)C/C=C/C. The van der Waals surface area contributed by atoms with E-state index >= 15 is 0 Å².